The van der Waals surface area contributed by atoms with Gasteiger partial charge in [-0.3, -0.25) is 4.79 Å². The van der Waals surface area contributed by atoms with Gasteiger partial charge < -0.3 is 10.4 Å². The normalized spacial score (nSPS) is 30.8. The Hall–Kier alpha value is -1.39. The highest BCUT2D eigenvalue weighted by atomic mass is 32.1. The van der Waals surface area contributed by atoms with Gasteiger partial charge in [-0.1, -0.05) is 32.0 Å². The molecule has 1 amide bonds. The van der Waals surface area contributed by atoms with E-state index in [4.69, 9.17) is 0 Å². The fourth-order valence-corrected chi connectivity index (χ4v) is 5.91. The molecule has 3 saturated carbocycles. The Morgan fingerprint density at radius 3 is 2.88 bits per heavy atom. The molecule has 1 heterocycles. The van der Waals surface area contributed by atoms with Crippen molar-refractivity contribution in [1.82, 2.24) is 5.32 Å². The van der Waals surface area contributed by atoms with Crippen LogP contribution in [0, 0.1) is 23.2 Å². The summed E-state index contributed by atoms with van der Waals surface area (Å²) >= 11 is 1.62. The van der Waals surface area contributed by atoms with Crippen LogP contribution < -0.4 is 5.32 Å². The summed E-state index contributed by atoms with van der Waals surface area (Å²) in [5, 5.41) is 15.8. The molecule has 1 aromatic heterocycles. The third-order valence-electron chi connectivity index (χ3n) is 6.60. The lowest BCUT2D eigenvalue weighted by molar-refractivity contribution is -0.114. The number of rotatable bonds is 4. The maximum Gasteiger partial charge on any atom is 0.252 e. The van der Waals surface area contributed by atoms with Gasteiger partial charge in [-0.15, -0.1) is 11.3 Å². The number of aliphatic hydroxyl groups is 1. The van der Waals surface area contributed by atoms with Crippen LogP contribution >= 0.6 is 11.3 Å². The molecule has 0 radical (unpaired) electrons. The van der Waals surface area contributed by atoms with E-state index >= 15 is 0 Å². The Kier molecular flexibility index (Phi) is 3.92. The van der Waals surface area contributed by atoms with E-state index in [1.807, 2.05) is 23.6 Å². The van der Waals surface area contributed by atoms with Crippen LogP contribution in [0.4, 0.5) is 0 Å². The van der Waals surface area contributed by atoms with Crippen molar-refractivity contribution in [1.29, 1.82) is 0 Å². The second-order valence-electron chi connectivity index (χ2n) is 8.01. The molecule has 2 aromatic rings. The second kappa shape index (κ2) is 5.85. The van der Waals surface area contributed by atoms with Crippen molar-refractivity contribution in [2.75, 3.05) is 6.61 Å². The van der Waals surface area contributed by atoms with Crippen LogP contribution in [0.2, 0.25) is 0 Å². The first-order valence-electron chi connectivity index (χ1n) is 8.90. The molecule has 24 heavy (non-hydrogen) atoms. The average Bonchev–Trinajstić information content (AvgIpc) is 3.00. The molecule has 1 aromatic carbocycles. The maximum atomic E-state index is 12.9. The summed E-state index contributed by atoms with van der Waals surface area (Å²) in [6.45, 7) is 4.87. The van der Waals surface area contributed by atoms with Crippen LogP contribution in [0.3, 0.4) is 0 Å². The predicted molar refractivity (Wildman–Crippen MR) is 98.3 cm³/mol. The summed E-state index contributed by atoms with van der Waals surface area (Å²) in [5.74, 6) is 1.72. The van der Waals surface area contributed by atoms with Crippen LogP contribution in [0.5, 0.6) is 0 Å². The van der Waals surface area contributed by atoms with E-state index in [-0.39, 0.29) is 18.6 Å². The van der Waals surface area contributed by atoms with Crippen molar-refractivity contribution in [2.45, 2.75) is 39.2 Å². The van der Waals surface area contributed by atoms with Crippen molar-refractivity contribution in [2.24, 2.45) is 23.2 Å². The lowest BCUT2D eigenvalue weighted by Gasteiger charge is -2.62. The zero-order chi connectivity index (χ0) is 16.9. The summed E-state index contributed by atoms with van der Waals surface area (Å²) in [4.78, 5) is 12.9. The van der Waals surface area contributed by atoms with E-state index in [2.05, 4.69) is 25.2 Å². The van der Waals surface area contributed by atoms with Gasteiger partial charge in [-0.05, 0) is 48.5 Å². The molecule has 3 aliphatic carbocycles. The van der Waals surface area contributed by atoms with Crippen molar-refractivity contribution in [3.8, 4) is 0 Å². The van der Waals surface area contributed by atoms with E-state index in [0.717, 1.165) is 34.4 Å². The number of amides is 1. The maximum absolute atomic E-state index is 12.9. The molecule has 2 N–H and O–H groups in total. The van der Waals surface area contributed by atoms with Gasteiger partial charge in [-0.25, -0.2) is 0 Å². The zero-order valence-corrected chi connectivity index (χ0v) is 15.1. The van der Waals surface area contributed by atoms with Gasteiger partial charge in [0.05, 0.1) is 5.56 Å². The number of aliphatic hydroxyl groups excluding tert-OH is 1. The minimum Gasteiger partial charge on any atom is -0.396 e. The molecule has 0 unspecified atom stereocenters. The Morgan fingerprint density at radius 1 is 1.33 bits per heavy atom. The van der Waals surface area contributed by atoms with Crippen molar-refractivity contribution in [3.05, 3.63) is 35.2 Å². The first kappa shape index (κ1) is 16.1. The molecule has 4 heteroatoms. The highest BCUT2D eigenvalue weighted by Crippen LogP contribution is 2.61. The minimum absolute atomic E-state index is 0.0431. The number of carbonyl (C=O) groups is 1. The van der Waals surface area contributed by atoms with Crippen molar-refractivity contribution < 1.29 is 9.90 Å². The van der Waals surface area contributed by atoms with E-state index in [1.165, 1.54) is 6.42 Å². The number of fused-ring (bicyclic) bond motifs is 3. The Morgan fingerprint density at radius 2 is 2.12 bits per heavy atom. The number of thiophene rings is 1. The topological polar surface area (TPSA) is 49.3 Å². The lowest BCUT2D eigenvalue weighted by atomic mass is 9.44. The summed E-state index contributed by atoms with van der Waals surface area (Å²) in [7, 11) is 0. The summed E-state index contributed by atoms with van der Waals surface area (Å²) < 4.78 is 1.15. The Bertz CT molecular complexity index is 766. The molecule has 2 bridgehead atoms. The standard InChI is InChI=1S/C20H25NO2S/c1-20(2)13-9-12(7-8-22)18(16(20)10-13)21-19(23)15-11-24-17-6-4-3-5-14(15)17/h3-6,11-13,16,18,22H,7-10H2,1-2H3,(H,21,23)/t12-,13-,16-,18+/m0/s1. The smallest absolute Gasteiger partial charge is 0.252 e. The molecule has 3 fully saturated rings. The van der Waals surface area contributed by atoms with Gasteiger partial charge in [-0.2, -0.15) is 0 Å². The lowest BCUT2D eigenvalue weighted by Crippen LogP contribution is -2.63. The van der Waals surface area contributed by atoms with Gasteiger partial charge in [0.15, 0.2) is 0 Å². The first-order valence-corrected chi connectivity index (χ1v) is 9.78. The summed E-state index contributed by atoms with van der Waals surface area (Å²) in [6, 6.07) is 8.27. The third kappa shape index (κ3) is 2.39. The summed E-state index contributed by atoms with van der Waals surface area (Å²) in [5.41, 5.74) is 1.10. The van der Waals surface area contributed by atoms with E-state index in [9.17, 15) is 9.90 Å². The van der Waals surface area contributed by atoms with Gasteiger partial charge >= 0.3 is 0 Å². The van der Waals surface area contributed by atoms with E-state index in [0.29, 0.717) is 17.3 Å². The predicted octanol–water partition coefficient (Wildman–Crippen LogP) is 4.06. The average molecular weight is 343 g/mol. The van der Waals surface area contributed by atoms with Gasteiger partial charge in [0.1, 0.15) is 0 Å². The summed E-state index contributed by atoms with van der Waals surface area (Å²) in [6.07, 6.45) is 3.13. The molecule has 128 valence electrons. The van der Waals surface area contributed by atoms with Crippen molar-refractivity contribution >= 4 is 27.3 Å². The molecular weight excluding hydrogens is 318 g/mol. The molecule has 3 nitrogen and oxygen atoms in total. The van der Waals surface area contributed by atoms with Gasteiger partial charge in [0.2, 0.25) is 0 Å². The fraction of sp³-hybridized carbons (Fsp3) is 0.550. The SMILES string of the molecule is CC1(C)[C@H]2C[C@H](CCO)[C@@H](NC(=O)c3csc4ccccc34)[C@@H]1C2. The van der Waals surface area contributed by atoms with E-state index < -0.39 is 0 Å². The second-order valence-corrected chi connectivity index (χ2v) is 8.92. The largest absolute Gasteiger partial charge is 0.396 e. The molecule has 4 atom stereocenters. The Balaban J connectivity index is 1.59. The third-order valence-corrected chi connectivity index (χ3v) is 7.56. The molecule has 3 aliphatic rings. The first-order chi connectivity index (χ1) is 11.5. The number of hydrogen-bond acceptors (Lipinski definition) is 3. The van der Waals surface area contributed by atoms with Gasteiger partial charge in [0.25, 0.3) is 5.91 Å². The van der Waals surface area contributed by atoms with Crippen LogP contribution in [0.1, 0.15) is 43.5 Å². The van der Waals surface area contributed by atoms with Gasteiger partial charge in [0, 0.05) is 28.1 Å². The molecule has 5 rings (SSSR count). The molecular formula is C20H25NO2S. The van der Waals surface area contributed by atoms with Crippen LogP contribution in [0.25, 0.3) is 10.1 Å². The zero-order valence-electron chi connectivity index (χ0n) is 14.3. The Labute approximate surface area is 147 Å². The van der Waals surface area contributed by atoms with Crippen LogP contribution in [-0.2, 0) is 0 Å². The molecule has 0 saturated heterocycles. The molecule has 0 aliphatic heterocycles. The van der Waals surface area contributed by atoms with Crippen LogP contribution in [-0.4, -0.2) is 23.7 Å². The number of nitrogens with one attached hydrogen (secondary N) is 1. The van der Waals surface area contributed by atoms with Crippen molar-refractivity contribution in [3.63, 3.8) is 0 Å². The highest BCUT2D eigenvalue weighted by Gasteiger charge is 2.57. The fourth-order valence-electron chi connectivity index (χ4n) is 4.97. The van der Waals surface area contributed by atoms with E-state index in [1.54, 1.807) is 11.3 Å². The quantitative estimate of drug-likeness (QED) is 0.879. The number of benzene rings is 1. The minimum atomic E-state index is 0.0431. The monoisotopic (exact) mass is 343 g/mol. The highest BCUT2D eigenvalue weighted by molar-refractivity contribution is 7.17. The number of hydrogen-bond donors (Lipinski definition) is 2. The molecule has 0 spiro atoms. The van der Waals surface area contributed by atoms with Crippen LogP contribution in [0.15, 0.2) is 29.6 Å². The number of carbonyl (C=O) groups excluding carboxylic acids is 1.